The molecule has 32 heavy (non-hydrogen) atoms. The van der Waals surface area contributed by atoms with E-state index in [9.17, 15) is 27.2 Å². The van der Waals surface area contributed by atoms with E-state index in [2.05, 4.69) is 10.6 Å². The molecule has 0 fully saturated rings. The van der Waals surface area contributed by atoms with Gasteiger partial charge in [0.25, 0.3) is 11.8 Å². The maximum absolute atomic E-state index is 13.3. The fourth-order valence-corrected chi connectivity index (χ4v) is 3.16. The Morgan fingerprint density at radius 2 is 1.44 bits per heavy atom. The zero-order valence-electron chi connectivity index (χ0n) is 16.2. The molecule has 0 saturated heterocycles. The van der Waals surface area contributed by atoms with Gasteiger partial charge in [0, 0.05) is 11.1 Å². The molecule has 1 aromatic heterocycles. The quantitative estimate of drug-likeness (QED) is 0.376. The summed E-state index contributed by atoms with van der Waals surface area (Å²) in [4.78, 5) is 25.6. The van der Waals surface area contributed by atoms with Gasteiger partial charge in [0.1, 0.15) is 17.1 Å². The van der Waals surface area contributed by atoms with Crippen molar-refractivity contribution in [1.82, 2.24) is 0 Å². The normalized spacial score (nSPS) is 11.4. The summed E-state index contributed by atoms with van der Waals surface area (Å²) < 4.78 is 58.7. The van der Waals surface area contributed by atoms with Crippen molar-refractivity contribution in [2.24, 2.45) is 0 Å². The topological polar surface area (TPSA) is 71.3 Å². The second kappa shape index (κ2) is 8.18. The molecule has 5 nitrogen and oxygen atoms in total. The second-order valence-electron chi connectivity index (χ2n) is 6.76. The van der Waals surface area contributed by atoms with E-state index in [-0.39, 0.29) is 22.7 Å². The highest BCUT2D eigenvalue weighted by molar-refractivity contribution is 6.17. The molecular formula is C23H14F4N2O3. The van der Waals surface area contributed by atoms with E-state index in [1.807, 2.05) is 0 Å². The Hall–Kier alpha value is -4.14. The molecule has 0 bridgehead atoms. The van der Waals surface area contributed by atoms with Crippen LogP contribution >= 0.6 is 0 Å². The van der Waals surface area contributed by atoms with Crippen molar-refractivity contribution in [2.45, 2.75) is 6.18 Å². The standard InChI is InChI=1S/C23H14F4N2O3/c24-13-9-11-14(12-10-13)28-22(31)20-19(16-6-2-4-8-18(16)32-20)29-21(30)15-5-1-3-7-17(15)23(25,26)27/h1-12H,(H,28,31)(H,29,30). The molecule has 2 amide bonds. The SMILES string of the molecule is O=C(Nc1c(C(=O)Nc2ccc(F)cc2)oc2ccccc12)c1ccccc1C(F)(F)F. The lowest BCUT2D eigenvalue weighted by atomic mass is 10.1. The van der Waals surface area contributed by atoms with Crippen LogP contribution in [0.15, 0.2) is 77.2 Å². The third kappa shape index (κ3) is 4.18. The predicted octanol–water partition coefficient (Wildman–Crippen LogP) is 6.10. The molecule has 3 aromatic carbocycles. The minimum atomic E-state index is -4.74. The summed E-state index contributed by atoms with van der Waals surface area (Å²) in [6, 6.07) is 15.6. The number of para-hydroxylation sites is 1. The van der Waals surface area contributed by atoms with Gasteiger partial charge in [-0.05, 0) is 48.5 Å². The Morgan fingerprint density at radius 3 is 2.16 bits per heavy atom. The summed E-state index contributed by atoms with van der Waals surface area (Å²) in [5.41, 5.74) is -1.28. The van der Waals surface area contributed by atoms with Crippen molar-refractivity contribution in [3.63, 3.8) is 0 Å². The van der Waals surface area contributed by atoms with Crippen LogP contribution in [-0.2, 0) is 6.18 Å². The van der Waals surface area contributed by atoms with E-state index < -0.39 is 34.9 Å². The number of alkyl halides is 3. The molecule has 0 saturated carbocycles. The third-order valence-electron chi connectivity index (χ3n) is 4.62. The van der Waals surface area contributed by atoms with E-state index in [1.165, 1.54) is 24.3 Å². The molecule has 0 aliphatic heterocycles. The molecule has 0 aliphatic carbocycles. The van der Waals surface area contributed by atoms with Crippen LogP contribution in [0.2, 0.25) is 0 Å². The maximum atomic E-state index is 13.3. The van der Waals surface area contributed by atoms with Crippen LogP contribution in [0.4, 0.5) is 28.9 Å². The number of nitrogens with one attached hydrogen (secondary N) is 2. The fourth-order valence-electron chi connectivity index (χ4n) is 3.16. The highest BCUT2D eigenvalue weighted by Crippen LogP contribution is 2.35. The van der Waals surface area contributed by atoms with Gasteiger partial charge in [0.2, 0.25) is 5.76 Å². The number of benzene rings is 3. The molecule has 0 unspecified atom stereocenters. The average Bonchev–Trinajstić information content (AvgIpc) is 3.13. The van der Waals surface area contributed by atoms with Crippen LogP contribution < -0.4 is 10.6 Å². The third-order valence-corrected chi connectivity index (χ3v) is 4.62. The largest absolute Gasteiger partial charge is 0.449 e. The summed E-state index contributed by atoms with van der Waals surface area (Å²) >= 11 is 0. The van der Waals surface area contributed by atoms with E-state index in [1.54, 1.807) is 24.3 Å². The number of furan rings is 1. The van der Waals surface area contributed by atoms with Crippen molar-refractivity contribution < 1.29 is 31.6 Å². The van der Waals surface area contributed by atoms with Gasteiger partial charge in [-0.15, -0.1) is 0 Å². The summed E-state index contributed by atoms with van der Waals surface area (Å²) in [6.45, 7) is 0. The Kier molecular flexibility index (Phi) is 5.40. The van der Waals surface area contributed by atoms with Crippen molar-refractivity contribution in [2.75, 3.05) is 10.6 Å². The molecule has 0 atom stereocenters. The first kappa shape index (κ1) is 21.1. The number of carbonyl (C=O) groups excluding carboxylic acids is 2. The molecule has 1 heterocycles. The molecule has 0 radical (unpaired) electrons. The number of halogens is 4. The number of hydrogen-bond acceptors (Lipinski definition) is 3. The Morgan fingerprint density at radius 1 is 0.781 bits per heavy atom. The van der Waals surface area contributed by atoms with Crippen molar-refractivity contribution >= 4 is 34.2 Å². The molecule has 4 aromatic rings. The molecular weight excluding hydrogens is 428 g/mol. The minimum absolute atomic E-state index is 0.0813. The highest BCUT2D eigenvalue weighted by atomic mass is 19.4. The van der Waals surface area contributed by atoms with E-state index >= 15 is 0 Å². The lowest BCUT2D eigenvalue weighted by molar-refractivity contribution is -0.137. The highest BCUT2D eigenvalue weighted by Gasteiger charge is 2.35. The van der Waals surface area contributed by atoms with Crippen LogP contribution in [0.5, 0.6) is 0 Å². The number of hydrogen-bond donors (Lipinski definition) is 2. The van der Waals surface area contributed by atoms with Gasteiger partial charge in [-0.25, -0.2) is 4.39 Å². The monoisotopic (exact) mass is 442 g/mol. The van der Waals surface area contributed by atoms with Crippen LogP contribution in [0.1, 0.15) is 26.5 Å². The van der Waals surface area contributed by atoms with E-state index in [0.29, 0.717) is 5.39 Å². The van der Waals surface area contributed by atoms with Gasteiger partial charge >= 0.3 is 6.18 Å². The first-order valence-electron chi connectivity index (χ1n) is 9.30. The molecule has 9 heteroatoms. The smallest absolute Gasteiger partial charge is 0.417 e. The summed E-state index contributed by atoms with van der Waals surface area (Å²) in [5.74, 6) is -2.64. The Balaban J connectivity index is 1.72. The number of fused-ring (bicyclic) bond motifs is 1. The lowest BCUT2D eigenvalue weighted by Crippen LogP contribution is -2.20. The van der Waals surface area contributed by atoms with Gasteiger partial charge in [0.05, 0.1) is 11.1 Å². The molecule has 0 aliphatic rings. The van der Waals surface area contributed by atoms with Crippen molar-refractivity contribution in [3.05, 3.63) is 95.5 Å². The molecule has 2 N–H and O–H groups in total. The van der Waals surface area contributed by atoms with Crippen LogP contribution in [0.3, 0.4) is 0 Å². The minimum Gasteiger partial charge on any atom is -0.449 e. The lowest BCUT2D eigenvalue weighted by Gasteiger charge is -2.13. The van der Waals surface area contributed by atoms with Gasteiger partial charge < -0.3 is 15.1 Å². The first-order valence-corrected chi connectivity index (χ1v) is 9.30. The summed E-state index contributed by atoms with van der Waals surface area (Å²) in [5, 5.41) is 5.22. The Bertz CT molecular complexity index is 1310. The van der Waals surface area contributed by atoms with Gasteiger partial charge in [0.15, 0.2) is 0 Å². The van der Waals surface area contributed by atoms with Crippen molar-refractivity contribution in [1.29, 1.82) is 0 Å². The first-order chi connectivity index (χ1) is 15.2. The zero-order chi connectivity index (χ0) is 22.9. The van der Waals surface area contributed by atoms with Crippen LogP contribution in [0, 0.1) is 5.82 Å². The van der Waals surface area contributed by atoms with Crippen LogP contribution in [-0.4, -0.2) is 11.8 Å². The summed E-state index contributed by atoms with van der Waals surface area (Å²) in [7, 11) is 0. The predicted molar refractivity (Wildman–Crippen MR) is 110 cm³/mol. The second-order valence-corrected chi connectivity index (χ2v) is 6.76. The van der Waals surface area contributed by atoms with Crippen molar-refractivity contribution in [3.8, 4) is 0 Å². The maximum Gasteiger partial charge on any atom is 0.417 e. The number of amides is 2. The van der Waals surface area contributed by atoms with E-state index in [4.69, 9.17) is 4.42 Å². The van der Waals surface area contributed by atoms with Gasteiger partial charge in [-0.1, -0.05) is 24.3 Å². The van der Waals surface area contributed by atoms with Gasteiger partial charge in [-0.2, -0.15) is 13.2 Å². The number of anilines is 2. The van der Waals surface area contributed by atoms with Gasteiger partial charge in [-0.3, -0.25) is 9.59 Å². The average molecular weight is 442 g/mol. The molecule has 0 spiro atoms. The summed E-state index contributed by atoms with van der Waals surface area (Å²) in [6.07, 6.45) is -4.74. The van der Waals surface area contributed by atoms with Crippen LogP contribution in [0.25, 0.3) is 11.0 Å². The Labute approximate surface area is 178 Å². The molecule has 4 rings (SSSR count). The molecule has 162 valence electrons. The zero-order valence-corrected chi connectivity index (χ0v) is 16.2. The number of carbonyl (C=O) groups is 2. The fraction of sp³-hybridized carbons (Fsp3) is 0.0435. The van der Waals surface area contributed by atoms with E-state index in [0.717, 1.165) is 24.3 Å². The number of rotatable bonds is 4.